The zero-order chi connectivity index (χ0) is 25.2. The number of anilines is 1. The van der Waals surface area contributed by atoms with Gasteiger partial charge >= 0.3 is 6.18 Å². The molecule has 0 radical (unpaired) electrons. The summed E-state index contributed by atoms with van der Waals surface area (Å²) in [5, 5.41) is 0. The highest BCUT2D eigenvalue weighted by molar-refractivity contribution is 7.90. The van der Waals surface area contributed by atoms with Gasteiger partial charge < -0.3 is 19.0 Å². The highest BCUT2D eigenvalue weighted by Gasteiger charge is 2.32. The second-order valence-electron chi connectivity index (χ2n) is 8.00. The average molecular weight is 509 g/mol. The van der Waals surface area contributed by atoms with Crippen molar-refractivity contribution >= 4 is 21.4 Å². The highest BCUT2D eigenvalue weighted by Crippen LogP contribution is 2.31. The molecule has 2 heterocycles. The summed E-state index contributed by atoms with van der Waals surface area (Å²) in [6.45, 7) is 2.00. The summed E-state index contributed by atoms with van der Waals surface area (Å²) in [6, 6.07) is 13.9. The van der Waals surface area contributed by atoms with Gasteiger partial charge in [-0.05, 0) is 42.5 Å². The number of nitrogens with zero attached hydrogens (tertiary/aromatic N) is 2. The van der Waals surface area contributed by atoms with Crippen LogP contribution in [-0.2, 0) is 21.8 Å². The number of para-hydroxylation sites is 2. The molecule has 11 heteroatoms. The van der Waals surface area contributed by atoms with Gasteiger partial charge in [0.1, 0.15) is 17.3 Å². The van der Waals surface area contributed by atoms with Crippen LogP contribution < -0.4 is 9.64 Å². The van der Waals surface area contributed by atoms with Crippen molar-refractivity contribution in [1.82, 2.24) is 4.90 Å². The number of carbonyl (C=O) groups excluding carboxylic acids is 1. The number of furan rings is 1. The Morgan fingerprint density at radius 1 is 1.00 bits per heavy atom. The minimum absolute atomic E-state index is 0.0232. The Labute approximate surface area is 200 Å². The molecule has 1 saturated heterocycles. The Morgan fingerprint density at radius 3 is 2.40 bits per heavy atom. The number of piperazine rings is 1. The molecule has 0 unspecified atom stereocenters. The molecule has 0 atom stereocenters. The Balaban J connectivity index is 1.41. The first-order chi connectivity index (χ1) is 16.6. The molecular weight excluding hydrogens is 485 g/mol. The molecule has 0 N–H and O–H groups in total. The number of rotatable bonds is 6. The normalized spacial score (nSPS) is 14.7. The van der Waals surface area contributed by atoms with Gasteiger partial charge in [0.2, 0.25) is 0 Å². The van der Waals surface area contributed by atoms with Crippen LogP contribution in [0.5, 0.6) is 5.75 Å². The number of alkyl halides is 3. The van der Waals surface area contributed by atoms with E-state index in [0.29, 0.717) is 32.2 Å². The summed E-state index contributed by atoms with van der Waals surface area (Å²) in [6.07, 6.45) is -4.66. The van der Waals surface area contributed by atoms with Gasteiger partial charge in [-0.3, -0.25) is 4.79 Å². The van der Waals surface area contributed by atoms with Crippen LogP contribution in [0.1, 0.15) is 21.9 Å². The monoisotopic (exact) mass is 508 g/mol. The molecule has 186 valence electrons. The molecule has 35 heavy (non-hydrogen) atoms. The van der Waals surface area contributed by atoms with Gasteiger partial charge in [-0.25, -0.2) is 8.42 Å². The number of ether oxygens (including phenoxy) is 1. The van der Waals surface area contributed by atoms with Crippen molar-refractivity contribution < 1.29 is 35.5 Å². The summed E-state index contributed by atoms with van der Waals surface area (Å²) < 4.78 is 75.0. The number of hydrogen-bond donors (Lipinski definition) is 0. The van der Waals surface area contributed by atoms with Crippen molar-refractivity contribution in [3.8, 4) is 5.75 Å². The summed E-state index contributed by atoms with van der Waals surface area (Å²) in [5.74, 6) is -0.357. The van der Waals surface area contributed by atoms with Crippen LogP contribution in [0.2, 0.25) is 0 Å². The third-order valence-electron chi connectivity index (χ3n) is 5.72. The van der Waals surface area contributed by atoms with Gasteiger partial charge in [0.05, 0.1) is 23.3 Å². The minimum Gasteiger partial charge on any atom is -0.495 e. The SMILES string of the molecule is COc1ccccc1N1CCN(C(=O)c2ccc(CS(=O)(=O)c3cccc(C(F)(F)F)c3)o2)CC1. The van der Waals surface area contributed by atoms with Crippen molar-refractivity contribution in [3.63, 3.8) is 0 Å². The zero-order valence-corrected chi connectivity index (χ0v) is 19.6. The maximum atomic E-state index is 12.9. The van der Waals surface area contributed by atoms with Gasteiger partial charge in [-0.2, -0.15) is 13.2 Å². The van der Waals surface area contributed by atoms with Crippen LogP contribution in [0.3, 0.4) is 0 Å². The number of amides is 1. The van der Waals surface area contributed by atoms with E-state index in [4.69, 9.17) is 9.15 Å². The first-order valence-corrected chi connectivity index (χ1v) is 12.4. The van der Waals surface area contributed by atoms with Crippen molar-refractivity contribution in [2.75, 3.05) is 38.2 Å². The van der Waals surface area contributed by atoms with Crippen molar-refractivity contribution in [2.45, 2.75) is 16.8 Å². The van der Waals surface area contributed by atoms with E-state index in [0.717, 1.165) is 29.6 Å². The molecule has 0 saturated carbocycles. The molecule has 1 fully saturated rings. The van der Waals surface area contributed by atoms with Gasteiger partial charge in [0.15, 0.2) is 15.6 Å². The lowest BCUT2D eigenvalue weighted by molar-refractivity contribution is -0.137. The maximum absolute atomic E-state index is 12.9. The molecular formula is C24H23F3N2O5S. The van der Waals surface area contributed by atoms with Gasteiger partial charge in [-0.15, -0.1) is 0 Å². The number of halogens is 3. The molecule has 0 bridgehead atoms. The summed E-state index contributed by atoms with van der Waals surface area (Å²) in [7, 11) is -2.52. The second-order valence-corrected chi connectivity index (χ2v) is 9.99. The molecule has 0 aliphatic carbocycles. The average Bonchev–Trinajstić information content (AvgIpc) is 3.31. The zero-order valence-electron chi connectivity index (χ0n) is 18.8. The number of hydrogen-bond acceptors (Lipinski definition) is 6. The van der Waals surface area contributed by atoms with E-state index in [2.05, 4.69) is 4.90 Å². The molecule has 1 aliphatic heterocycles. The molecule has 2 aromatic carbocycles. The predicted octanol–water partition coefficient (Wildman–Crippen LogP) is 4.24. The predicted molar refractivity (Wildman–Crippen MR) is 122 cm³/mol. The first-order valence-electron chi connectivity index (χ1n) is 10.7. The largest absolute Gasteiger partial charge is 0.495 e. The lowest BCUT2D eigenvalue weighted by Crippen LogP contribution is -2.48. The second kappa shape index (κ2) is 9.65. The number of sulfone groups is 1. The van der Waals surface area contributed by atoms with Crippen LogP contribution in [0, 0.1) is 0 Å². The van der Waals surface area contributed by atoms with Gasteiger partial charge in [0, 0.05) is 26.2 Å². The van der Waals surface area contributed by atoms with Gasteiger partial charge in [0.25, 0.3) is 5.91 Å². The van der Waals surface area contributed by atoms with Crippen molar-refractivity contribution in [2.24, 2.45) is 0 Å². The van der Waals surface area contributed by atoms with E-state index >= 15 is 0 Å². The molecule has 1 amide bonds. The van der Waals surface area contributed by atoms with Crippen LogP contribution in [0.4, 0.5) is 18.9 Å². The van der Waals surface area contributed by atoms with E-state index in [1.54, 1.807) is 12.0 Å². The quantitative estimate of drug-likeness (QED) is 0.496. The fourth-order valence-corrected chi connectivity index (χ4v) is 5.19. The number of carbonyl (C=O) groups is 1. The van der Waals surface area contributed by atoms with E-state index in [9.17, 15) is 26.4 Å². The molecule has 7 nitrogen and oxygen atoms in total. The lowest BCUT2D eigenvalue weighted by atomic mass is 10.2. The van der Waals surface area contributed by atoms with Crippen molar-refractivity contribution in [1.29, 1.82) is 0 Å². The van der Waals surface area contributed by atoms with E-state index < -0.39 is 32.2 Å². The Bertz CT molecular complexity index is 1310. The summed E-state index contributed by atoms with van der Waals surface area (Å²) in [5.41, 5.74) is -0.122. The molecule has 3 aromatic rings. The van der Waals surface area contributed by atoms with E-state index in [1.807, 2.05) is 24.3 Å². The standard InChI is InChI=1S/C24H23F3N2O5S/c1-33-21-8-3-2-7-20(21)28-11-13-29(14-12-28)23(30)22-10-9-18(34-22)16-35(31,32)19-6-4-5-17(15-19)24(25,26)27/h2-10,15H,11-14,16H2,1H3. The molecule has 0 spiro atoms. The Morgan fingerprint density at radius 2 is 1.71 bits per heavy atom. The number of benzene rings is 2. The van der Waals surface area contributed by atoms with Crippen LogP contribution >= 0.6 is 0 Å². The molecule has 1 aliphatic rings. The van der Waals surface area contributed by atoms with Crippen LogP contribution in [-0.4, -0.2) is 52.5 Å². The van der Waals surface area contributed by atoms with E-state index in [-0.39, 0.29) is 17.4 Å². The minimum atomic E-state index is -4.66. The highest BCUT2D eigenvalue weighted by atomic mass is 32.2. The smallest absolute Gasteiger partial charge is 0.416 e. The molecule has 1 aromatic heterocycles. The fourth-order valence-electron chi connectivity index (χ4n) is 3.90. The van der Waals surface area contributed by atoms with Crippen molar-refractivity contribution in [3.05, 3.63) is 77.7 Å². The van der Waals surface area contributed by atoms with E-state index in [1.165, 1.54) is 12.1 Å². The van der Waals surface area contributed by atoms with Gasteiger partial charge in [-0.1, -0.05) is 18.2 Å². The number of methoxy groups -OCH3 is 1. The third-order valence-corrected chi connectivity index (χ3v) is 7.35. The lowest BCUT2D eigenvalue weighted by Gasteiger charge is -2.36. The maximum Gasteiger partial charge on any atom is 0.416 e. The third kappa shape index (κ3) is 5.45. The fraction of sp³-hybridized carbons (Fsp3) is 0.292. The van der Waals surface area contributed by atoms with Crippen LogP contribution in [0.15, 0.2) is 70.0 Å². The Kier molecular flexibility index (Phi) is 6.79. The topological polar surface area (TPSA) is 80.1 Å². The molecule has 4 rings (SSSR count). The Hall–Kier alpha value is -3.47. The van der Waals surface area contributed by atoms with Crippen LogP contribution in [0.25, 0.3) is 0 Å². The summed E-state index contributed by atoms with van der Waals surface area (Å²) in [4.78, 5) is 16.1. The first kappa shape index (κ1) is 24.6. The summed E-state index contributed by atoms with van der Waals surface area (Å²) >= 11 is 0.